The molecule has 10 nitrogen and oxygen atoms in total. The van der Waals surface area contributed by atoms with Crippen LogP contribution in [0.5, 0.6) is 11.5 Å². The number of nitrogens with zero attached hydrogens (tertiary/aromatic N) is 2. The first-order valence-corrected chi connectivity index (χ1v) is 12.0. The van der Waals surface area contributed by atoms with E-state index in [1.807, 2.05) is 0 Å². The predicted molar refractivity (Wildman–Crippen MR) is 136 cm³/mol. The first-order chi connectivity index (χ1) is 18.2. The molecule has 0 spiro atoms. The van der Waals surface area contributed by atoms with Gasteiger partial charge in [0.1, 0.15) is 5.75 Å². The number of aromatic nitrogens is 1. The molecular weight excluding hydrogens is 514 g/mol. The van der Waals surface area contributed by atoms with Gasteiger partial charge in [-0.1, -0.05) is 35.9 Å². The summed E-state index contributed by atoms with van der Waals surface area (Å²) in [5.74, 6) is -2.53. The largest absolute Gasteiger partial charge is 0.455 e. The average Bonchev–Trinajstić information content (AvgIpc) is 3.05. The molecule has 0 radical (unpaired) electrons. The highest BCUT2D eigenvalue weighted by Gasteiger charge is 2.43. The molecule has 2 amide bonds. The molecule has 0 saturated heterocycles. The number of rotatable bonds is 7. The molecule has 0 aliphatic carbocycles. The van der Waals surface area contributed by atoms with E-state index in [-0.39, 0.29) is 18.8 Å². The molecule has 0 bridgehead atoms. The van der Waals surface area contributed by atoms with Crippen LogP contribution in [0.2, 0.25) is 5.02 Å². The second kappa shape index (κ2) is 11.7. The lowest BCUT2D eigenvalue weighted by atomic mass is 10.1. The molecule has 0 saturated carbocycles. The maximum atomic E-state index is 14.0. The molecular formula is C27H24ClN3O7. The number of amides is 2. The highest BCUT2D eigenvalue weighted by molar-refractivity contribution is 6.31. The molecule has 2 unspecified atom stereocenters. The molecule has 0 fully saturated rings. The Hall–Kier alpha value is -4.44. The van der Waals surface area contributed by atoms with Crippen LogP contribution in [0.25, 0.3) is 0 Å². The average molecular weight is 538 g/mol. The predicted octanol–water partition coefficient (Wildman–Crippen LogP) is 3.55. The van der Waals surface area contributed by atoms with Crippen molar-refractivity contribution in [2.45, 2.75) is 39.1 Å². The van der Waals surface area contributed by atoms with Crippen LogP contribution in [0.4, 0.5) is 5.69 Å². The van der Waals surface area contributed by atoms with E-state index in [4.69, 9.17) is 25.8 Å². The zero-order valence-corrected chi connectivity index (χ0v) is 21.3. The molecule has 2 heterocycles. The normalized spacial score (nSPS) is 13.5. The van der Waals surface area contributed by atoms with Crippen molar-refractivity contribution in [3.8, 4) is 11.5 Å². The second-order valence-corrected chi connectivity index (χ2v) is 8.78. The van der Waals surface area contributed by atoms with Crippen LogP contribution in [0.15, 0.2) is 66.9 Å². The van der Waals surface area contributed by atoms with Crippen LogP contribution in [-0.4, -0.2) is 40.9 Å². The third kappa shape index (κ3) is 6.27. The number of anilines is 1. The Morgan fingerprint density at radius 1 is 0.974 bits per heavy atom. The van der Waals surface area contributed by atoms with Gasteiger partial charge in [0, 0.05) is 30.6 Å². The lowest BCUT2D eigenvalue weighted by molar-refractivity contribution is -0.174. The Morgan fingerprint density at radius 3 is 2.39 bits per heavy atom. The fraction of sp³-hybridized carbons (Fsp3) is 0.222. The number of fused-ring (bicyclic) bond motifs is 2. The molecule has 2 aromatic carbocycles. The standard InChI is InChI=1S/C27H24ClN3O7/c1-16(32)36-24(26(34)30-14-20-8-5-6-12-29-20)25(37-17(2)33)27(35)31-15-18-7-3-4-9-22(18)38-23-11-10-19(28)13-21(23)31/h3-13,24-25H,14-15H2,1-2H3,(H,30,34). The smallest absolute Gasteiger partial charge is 0.303 e. The number of para-hydroxylation sites is 1. The summed E-state index contributed by atoms with van der Waals surface area (Å²) in [4.78, 5) is 56.7. The Labute approximate surface area is 223 Å². The van der Waals surface area contributed by atoms with Gasteiger partial charge in [-0.25, -0.2) is 0 Å². The molecule has 38 heavy (non-hydrogen) atoms. The molecule has 2 atom stereocenters. The maximum Gasteiger partial charge on any atom is 0.303 e. The summed E-state index contributed by atoms with van der Waals surface area (Å²) in [6.07, 6.45) is -2.04. The van der Waals surface area contributed by atoms with Crippen LogP contribution < -0.4 is 15.0 Å². The van der Waals surface area contributed by atoms with Gasteiger partial charge in [-0.05, 0) is 36.4 Å². The quantitative estimate of drug-likeness (QED) is 0.454. The van der Waals surface area contributed by atoms with E-state index in [1.54, 1.807) is 60.8 Å². The van der Waals surface area contributed by atoms with Gasteiger partial charge in [0.25, 0.3) is 11.8 Å². The number of halogens is 1. The van der Waals surface area contributed by atoms with Gasteiger partial charge in [-0.15, -0.1) is 0 Å². The van der Waals surface area contributed by atoms with Gasteiger partial charge < -0.3 is 24.4 Å². The van der Waals surface area contributed by atoms with Gasteiger partial charge in [0.2, 0.25) is 12.2 Å². The molecule has 1 aliphatic heterocycles. The third-order valence-electron chi connectivity index (χ3n) is 5.53. The van der Waals surface area contributed by atoms with Crippen LogP contribution in [0.1, 0.15) is 25.1 Å². The SMILES string of the molecule is CC(=O)OC(C(=O)NCc1ccccn1)C(OC(C)=O)C(=O)N1Cc2ccccc2Oc2ccc(Cl)cc21. The van der Waals surface area contributed by atoms with Crippen LogP contribution in [0.3, 0.4) is 0 Å². The highest BCUT2D eigenvalue weighted by atomic mass is 35.5. The van der Waals surface area contributed by atoms with Crippen LogP contribution >= 0.6 is 11.6 Å². The number of carbonyl (C=O) groups is 4. The van der Waals surface area contributed by atoms with Crippen molar-refractivity contribution in [3.63, 3.8) is 0 Å². The fourth-order valence-corrected chi connectivity index (χ4v) is 4.05. The molecule has 1 aromatic heterocycles. The molecule has 1 N–H and O–H groups in total. The minimum Gasteiger partial charge on any atom is -0.455 e. The van der Waals surface area contributed by atoms with E-state index in [9.17, 15) is 19.2 Å². The summed E-state index contributed by atoms with van der Waals surface area (Å²) in [5.41, 5.74) is 1.47. The van der Waals surface area contributed by atoms with Crippen molar-refractivity contribution in [3.05, 3.63) is 83.1 Å². The van der Waals surface area contributed by atoms with E-state index in [0.29, 0.717) is 27.8 Å². The van der Waals surface area contributed by atoms with Gasteiger partial charge in [0.05, 0.1) is 24.5 Å². The summed E-state index contributed by atoms with van der Waals surface area (Å²) in [6, 6.07) is 17.0. The molecule has 196 valence electrons. The minimum absolute atomic E-state index is 0.00244. The van der Waals surface area contributed by atoms with E-state index in [1.165, 1.54) is 11.0 Å². The number of ether oxygens (including phenoxy) is 3. The van der Waals surface area contributed by atoms with Crippen molar-refractivity contribution in [2.24, 2.45) is 0 Å². The van der Waals surface area contributed by atoms with Crippen LogP contribution in [0, 0.1) is 0 Å². The number of carbonyl (C=O) groups excluding carboxylic acids is 4. The zero-order valence-electron chi connectivity index (χ0n) is 20.5. The van der Waals surface area contributed by atoms with Gasteiger partial charge in [0.15, 0.2) is 5.75 Å². The molecule has 3 aromatic rings. The number of hydrogen-bond acceptors (Lipinski definition) is 8. The number of nitrogens with one attached hydrogen (secondary N) is 1. The second-order valence-electron chi connectivity index (χ2n) is 8.35. The van der Waals surface area contributed by atoms with Crippen molar-refractivity contribution in [1.29, 1.82) is 0 Å². The first-order valence-electron chi connectivity index (χ1n) is 11.6. The Bertz CT molecular complexity index is 1370. The summed E-state index contributed by atoms with van der Waals surface area (Å²) >= 11 is 6.24. The van der Waals surface area contributed by atoms with E-state index in [0.717, 1.165) is 13.8 Å². The fourth-order valence-electron chi connectivity index (χ4n) is 3.88. The molecule has 11 heteroatoms. The Balaban J connectivity index is 1.71. The maximum absolute atomic E-state index is 14.0. The Morgan fingerprint density at radius 2 is 1.68 bits per heavy atom. The van der Waals surface area contributed by atoms with Crippen molar-refractivity contribution in [1.82, 2.24) is 10.3 Å². The third-order valence-corrected chi connectivity index (χ3v) is 5.77. The first kappa shape index (κ1) is 26.6. The highest BCUT2D eigenvalue weighted by Crippen LogP contribution is 2.40. The number of hydrogen-bond donors (Lipinski definition) is 1. The summed E-state index contributed by atoms with van der Waals surface area (Å²) in [6.45, 7) is 2.16. The van der Waals surface area contributed by atoms with Crippen LogP contribution in [-0.2, 0) is 41.7 Å². The van der Waals surface area contributed by atoms with Gasteiger partial charge in [-0.2, -0.15) is 0 Å². The lowest BCUT2D eigenvalue weighted by Crippen LogP contribution is -2.54. The van der Waals surface area contributed by atoms with Crippen molar-refractivity contribution >= 4 is 41.0 Å². The van der Waals surface area contributed by atoms with E-state index < -0.39 is 36.0 Å². The summed E-state index contributed by atoms with van der Waals surface area (Å²) in [5, 5.41) is 2.91. The Kier molecular flexibility index (Phi) is 8.22. The molecule has 1 aliphatic rings. The topological polar surface area (TPSA) is 124 Å². The van der Waals surface area contributed by atoms with E-state index >= 15 is 0 Å². The summed E-state index contributed by atoms with van der Waals surface area (Å²) in [7, 11) is 0. The molecule has 4 rings (SSSR count). The number of pyridine rings is 1. The zero-order chi connectivity index (χ0) is 27.2. The van der Waals surface area contributed by atoms with Gasteiger partial charge in [-0.3, -0.25) is 24.2 Å². The van der Waals surface area contributed by atoms with E-state index in [2.05, 4.69) is 10.3 Å². The minimum atomic E-state index is -1.81. The monoisotopic (exact) mass is 537 g/mol. The lowest BCUT2D eigenvalue weighted by Gasteiger charge is -2.30. The summed E-state index contributed by atoms with van der Waals surface area (Å²) < 4.78 is 16.6. The van der Waals surface area contributed by atoms with Crippen molar-refractivity contribution < 1.29 is 33.4 Å². The number of esters is 2. The number of benzene rings is 2. The van der Waals surface area contributed by atoms with Gasteiger partial charge >= 0.3 is 11.9 Å². The van der Waals surface area contributed by atoms with Crippen molar-refractivity contribution in [2.75, 3.05) is 4.90 Å².